The first-order valence-corrected chi connectivity index (χ1v) is 7.17. The summed E-state index contributed by atoms with van der Waals surface area (Å²) in [5.74, 6) is 0.880. The molecule has 0 aliphatic rings. The van der Waals surface area contributed by atoms with Gasteiger partial charge in [0.2, 0.25) is 0 Å². The van der Waals surface area contributed by atoms with Crippen molar-refractivity contribution >= 4 is 27.0 Å². The summed E-state index contributed by atoms with van der Waals surface area (Å²) in [4.78, 5) is 8.69. The smallest absolute Gasteiger partial charge is 0.144 e. The summed E-state index contributed by atoms with van der Waals surface area (Å²) < 4.78 is 8.73. The Bertz CT molecular complexity index is 725. The van der Waals surface area contributed by atoms with E-state index in [0.717, 1.165) is 33.4 Å². The number of rotatable bonds is 4. The van der Waals surface area contributed by atoms with Gasteiger partial charge >= 0.3 is 0 Å². The SMILES string of the molecule is Cn1cc(Br)c2c(CCOc3ccccc3)ncnc21. The zero-order valence-electron chi connectivity index (χ0n) is 11.1. The third-order valence-corrected chi connectivity index (χ3v) is 3.74. The van der Waals surface area contributed by atoms with Crippen molar-refractivity contribution in [1.29, 1.82) is 0 Å². The number of aryl methyl sites for hydroxylation is 1. The van der Waals surface area contributed by atoms with Crippen LogP contribution in [0.4, 0.5) is 0 Å². The Morgan fingerprint density at radius 1 is 1.20 bits per heavy atom. The molecule has 5 heteroatoms. The molecule has 0 saturated heterocycles. The maximum Gasteiger partial charge on any atom is 0.144 e. The molecule has 2 aromatic heterocycles. The first-order chi connectivity index (χ1) is 9.75. The van der Waals surface area contributed by atoms with Gasteiger partial charge in [-0.05, 0) is 28.1 Å². The van der Waals surface area contributed by atoms with Gasteiger partial charge in [0.05, 0.1) is 17.7 Å². The highest BCUT2D eigenvalue weighted by atomic mass is 79.9. The van der Waals surface area contributed by atoms with Crippen LogP contribution in [0.15, 0.2) is 47.3 Å². The molecule has 4 nitrogen and oxygen atoms in total. The highest BCUT2D eigenvalue weighted by molar-refractivity contribution is 9.10. The lowest BCUT2D eigenvalue weighted by molar-refractivity contribution is 0.321. The van der Waals surface area contributed by atoms with Gasteiger partial charge in [-0.3, -0.25) is 0 Å². The van der Waals surface area contributed by atoms with Crippen LogP contribution >= 0.6 is 15.9 Å². The molecule has 0 N–H and O–H groups in total. The van der Waals surface area contributed by atoms with Crippen molar-refractivity contribution < 1.29 is 4.74 Å². The minimum Gasteiger partial charge on any atom is -0.493 e. The van der Waals surface area contributed by atoms with Gasteiger partial charge in [0.1, 0.15) is 17.7 Å². The molecule has 20 heavy (non-hydrogen) atoms. The molecule has 0 bridgehead atoms. The fraction of sp³-hybridized carbons (Fsp3) is 0.200. The molecular formula is C15H14BrN3O. The van der Waals surface area contributed by atoms with Gasteiger partial charge in [0.25, 0.3) is 0 Å². The number of halogens is 1. The molecule has 0 spiro atoms. The molecule has 0 atom stereocenters. The molecular weight excluding hydrogens is 318 g/mol. The van der Waals surface area contributed by atoms with E-state index >= 15 is 0 Å². The lowest BCUT2D eigenvalue weighted by atomic mass is 10.2. The Morgan fingerprint density at radius 2 is 2.00 bits per heavy atom. The molecule has 0 aliphatic carbocycles. The number of para-hydroxylation sites is 1. The van der Waals surface area contributed by atoms with Crippen LogP contribution in [0.1, 0.15) is 5.69 Å². The lowest BCUT2D eigenvalue weighted by Crippen LogP contribution is -2.04. The Hall–Kier alpha value is -1.88. The fourth-order valence-electron chi connectivity index (χ4n) is 2.19. The number of ether oxygens (including phenoxy) is 1. The van der Waals surface area contributed by atoms with E-state index in [1.165, 1.54) is 0 Å². The summed E-state index contributed by atoms with van der Waals surface area (Å²) in [6.07, 6.45) is 4.35. The van der Waals surface area contributed by atoms with E-state index in [4.69, 9.17) is 4.74 Å². The van der Waals surface area contributed by atoms with E-state index in [9.17, 15) is 0 Å². The predicted molar refractivity (Wildman–Crippen MR) is 81.9 cm³/mol. The van der Waals surface area contributed by atoms with Crippen LogP contribution in [0.25, 0.3) is 11.0 Å². The molecule has 1 aromatic carbocycles. The van der Waals surface area contributed by atoms with Crippen molar-refractivity contribution in [1.82, 2.24) is 14.5 Å². The van der Waals surface area contributed by atoms with Gasteiger partial charge in [-0.1, -0.05) is 18.2 Å². The Kier molecular flexibility index (Phi) is 3.69. The van der Waals surface area contributed by atoms with Crippen molar-refractivity contribution in [3.05, 3.63) is 53.0 Å². The van der Waals surface area contributed by atoms with Gasteiger partial charge in [-0.25, -0.2) is 9.97 Å². The van der Waals surface area contributed by atoms with Gasteiger partial charge in [-0.2, -0.15) is 0 Å². The number of benzene rings is 1. The molecule has 0 amide bonds. The molecule has 0 saturated carbocycles. The summed E-state index contributed by atoms with van der Waals surface area (Å²) in [6, 6.07) is 9.81. The zero-order valence-corrected chi connectivity index (χ0v) is 12.7. The Labute approximate surface area is 125 Å². The third-order valence-electron chi connectivity index (χ3n) is 3.14. The topological polar surface area (TPSA) is 39.9 Å². The van der Waals surface area contributed by atoms with Crippen LogP contribution in [0.5, 0.6) is 5.75 Å². The van der Waals surface area contributed by atoms with Gasteiger partial charge in [0, 0.05) is 24.1 Å². The van der Waals surface area contributed by atoms with Gasteiger partial charge in [0.15, 0.2) is 0 Å². The quantitative estimate of drug-likeness (QED) is 0.736. The number of hydrogen-bond donors (Lipinski definition) is 0. The summed E-state index contributed by atoms with van der Waals surface area (Å²) in [6.45, 7) is 0.595. The van der Waals surface area contributed by atoms with Crippen LogP contribution in [0.2, 0.25) is 0 Å². The van der Waals surface area contributed by atoms with Crippen molar-refractivity contribution in [3.63, 3.8) is 0 Å². The van der Waals surface area contributed by atoms with Crippen LogP contribution in [0.3, 0.4) is 0 Å². The molecule has 0 aliphatic heterocycles. The zero-order chi connectivity index (χ0) is 13.9. The van der Waals surface area contributed by atoms with E-state index in [0.29, 0.717) is 6.61 Å². The molecule has 0 radical (unpaired) electrons. The maximum absolute atomic E-state index is 5.72. The van der Waals surface area contributed by atoms with E-state index < -0.39 is 0 Å². The lowest BCUT2D eigenvalue weighted by Gasteiger charge is -2.06. The average molecular weight is 332 g/mol. The van der Waals surface area contributed by atoms with E-state index in [-0.39, 0.29) is 0 Å². The Balaban J connectivity index is 1.78. The second kappa shape index (κ2) is 5.63. The van der Waals surface area contributed by atoms with Crippen LogP contribution in [0, 0.1) is 0 Å². The second-order valence-corrected chi connectivity index (χ2v) is 5.37. The van der Waals surface area contributed by atoms with Crippen molar-refractivity contribution in [2.75, 3.05) is 6.61 Å². The minimum absolute atomic E-state index is 0.595. The van der Waals surface area contributed by atoms with Crippen molar-refractivity contribution in [3.8, 4) is 5.75 Å². The number of nitrogens with zero attached hydrogens (tertiary/aromatic N) is 3. The number of fused-ring (bicyclic) bond motifs is 1. The van der Waals surface area contributed by atoms with E-state index in [1.807, 2.05) is 48.1 Å². The highest BCUT2D eigenvalue weighted by Gasteiger charge is 2.11. The first-order valence-electron chi connectivity index (χ1n) is 6.38. The number of aromatic nitrogens is 3. The monoisotopic (exact) mass is 331 g/mol. The summed E-state index contributed by atoms with van der Waals surface area (Å²) in [5, 5.41) is 1.06. The molecule has 102 valence electrons. The minimum atomic E-state index is 0.595. The molecule has 3 aromatic rings. The molecule has 3 rings (SSSR count). The van der Waals surface area contributed by atoms with Gasteiger partial charge in [-0.15, -0.1) is 0 Å². The van der Waals surface area contributed by atoms with Crippen molar-refractivity contribution in [2.45, 2.75) is 6.42 Å². The largest absolute Gasteiger partial charge is 0.493 e. The molecule has 2 heterocycles. The van der Waals surface area contributed by atoms with E-state index in [2.05, 4.69) is 25.9 Å². The number of hydrogen-bond acceptors (Lipinski definition) is 3. The average Bonchev–Trinajstić information content (AvgIpc) is 2.76. The van der Waals surface area contributed by atoms with Crippen LogP contribution < -0.4 is 4.74 Å². The van der Waals surface area contributed by atoms with Crippen molar-refractivity contribution in [2.24, 2.45) is 7.05 Å². The Morgan fingerprint density at radius 3 is 2.80 bits per heavy atom. The summed E-state index contributed by atoms with van der Waals surface area (Å²) >= 11 is 3.56. The summed E-state index contributed by atoms with van der Waals surface area (Å²) in [7, 11) is 1.98. The van der Waals surface area contributed by atoms with E-state index in [1.54, 1.807) is 6.33 Å². The fourth-order valence-corrected chi connectivity index (χ4v) is 2.90. The van der Waals surface area contributed by atoms with Crippen LogP contribution in [-0.4, -0.2) is 21.1 Å². The van der Waals surface area contributed by atoms with Gasteiger partial charge < -0.3 is 9.30 Å². The second-order valence-electron chi connectivity index (χ2n) is 4.52. The molecule has 0 fully saturated rings. The first kappa shape index (κ1) is 13.1. The predicted octanol–water partition coefficient (Wildman–Crippen LogP) is 3.35. The van der Waals surface area contributed by atoms with Crippen LogP contribution in [-0.2, 0) is 13.5 Å². The highest BCUT2D eigenvalue weighted by Crippen LogP contribution is 2.26. The molecule has 0 unspecified atom stereocenters. The maximum atomic E-state index is 5.72. The normalized spacial score (nSPS) is 10.9. The standard InChI is InChI=1S/C15H14BrN3O/c1-19-9-12(16)14-13(17-10-18-15(14)19)7-8-20-11-5-3-2-4-6-11/h2-6,9-10H,7-8H2,1H3. The third kappa shape index (κ3) is 2.54. The summed E-state index contributed by atoms with van der Waals surface area (Å²) in [5.41, 5.74) is 1.93.